The van der Waals surface area contributed by atoms with Crippen LogP contribution in [0.4, 0.5) is 10.8 Å². The number of carbonyl (C=O) groups excluding carboxylic acids is 1. The van der Waals surface area contributed by atoms with Gasteiger partial charge in [-0.05, 0) is 31.4 Å². The molecule has 1 aromatic heterocycles. The van der Waals surface area contributed by atoms with Gasteiger partial charge in [0.25, 0.3) is 0 Å². The van der Waals surface area contributed by atoms with Crippen LogP contribution < -0.4 is 10.2 Å². The maximum atomic E-state index is 11.9. The van der Waals surface area contributed by atoms with E-state index >= 15 is 0 Å². The molecule has 0 radical (unpaired) electrons. The zero-order valence-electron chi connectivity index (χ0n) is 13.5. The number of carbonyl (C=O) groups is 1. The lowest BCUT2D eigenvalue weighted by atomic mass is 10.1. The second kappa shape index (κ2) is 7.59. The monoisotopic (exact) mass is 329 g/mol. The van der Waals surface area contributed by atoms with E-state index < -0.39 is 0 Å². The van der Waals surface area contributed by atoms with Crippen molar-refractivity contribution in [3.63, 3.8) is 0 Å². The first-order valence-electron chi connectivity index (χ1n) is 8.37. The van der Waals surface area contributed by atoms with Crippen LogP contribution in [0.25, 0.3) is 11.3 Å². The number of nitrogens with zero attached hydrogens (tertiary/aromatic N) is 2. The van der Waals surface area contributed by atoms with Gasteiger partial charge in [0.15, 0.2) is 5.13 Å². The molecule has 0 aliphatic carbocycles. The molecule has 0 atom stereocenters. The standard InChI is InChI=1S/C18H23N3OS/c1-2-3-9-17(22)19-15-8-6-7-14(12-15)16-13-23-18(20-16)21-10-4-5-11-21/h6-8,12-13H,2-5,9-11H2,1H3,(H,19,22). The minimum absolute atomic E-state index is 0.0834. The van der Waals surface area contributed by atoms with E-state index in [4.69, 9.17) is 4.98 Å². The number of benzene rings is 1. The van der Waals surface area contributed by atoms with Gasteiger partial charge in [0.2, 0.25) is 5.91 Å². The predicted molar refractivity (Wildman–Crippen MR) is 97.2 cm³/mol. The third kappa shape index (κ3) is 4.10. The van der Waals surface area contributed by atoms with Gasteiger partial charge >= 0.3 is 0 Å². The fourth-order valence-corrected chi connectivity index (χ4v) is 3.66. The Labute approximate surface area is 141 Å². The average Bonchev–Trinajstić information content (AvgIpc) is 3.24. The minimum atomic E-state index is 0.0834. The van der Waals surface area contributed by atoms with Crippen LogP contribution in [-0.2, 0) is 4.79 Å². The molecule has 1 fully saturated rings. The van der Waals surface area contributed by atoms with Crippen molar-refractivity contribution in [1.82, 2.24) is 4.98 Å². The molecule has 2 aromatic rings. The molecule has 0 bridgehead atoms. The topological polar surface area (TPSA) is 45.2 Å². The molecule has 2 heterocycles. The van der Waals surface area contributed by atoms with Crippen LogP contribution in [0.3, 0.4) is 0 Å². The number of unbranched alkanes of at least 4 members (excludes halogenated alkanes) is 1. The summed E-state index contributed by atoms with van der Waals surface area (Å²) in [6, 6.07) is 7.96. The van der Waals surface area contributed by atoms with Crippen molar-refractivity contribution in [1.29, 1.82) is 0 Å². The Bertz CT molecular complexity index is 662. The highest BCUT2D eigenvalue weighted by Crippen LogP contribution is 2.30. The van der Waals surface area contributed by atoms with Crippen molar-refractivity contribution in [2.24, 2.45) is 0 Å². The summed E-state index contributed by atoms with van der Waals surface area (Å²) in [6.45, 7) is 4.31. The van der Waals surface area contributed by atoms with E-state index in [9.17, 15) is 4.79 Å². The molecular weight excluding hydrogens is 306 g/mol. The van der Waals surface area contributed by atoms with Crippen LogP contribution in [0.1, 0.15) is 39.0 Å². The number of amides is 1. The maximum Gasteiger partial charge on any atom is 0.224 e. The number of aromatic nitrogens is 1. The predicted octanol–water partition coefficient (Wildman–Crippen LogP) is 4.54. The van der Waals surface area contributed by atoms with Crippen molar-refractivity contribution in [3.05, 3.63) is 29.6 Å². The lowest BCUT2D eigenvalue weighted by Gasteiger charge is -2.12. The summed E-state index contributed by atoms with van der Waals surface area (Å²) in [7, 11) is 0. The Hall–Kier alpha value is -1.88. The van der Waals surface area contributed by atoms with E-state index in [1.807, 2.05) is 24.3 Å². The quantitative estimate of drug-likeness (QED) is 0.846. The first-order valence-corrected chi connectivity index (χ1v) is 9.25. The third-order valence-corrected chi connectivity index (χ3v) is 4.97. The number of nitrogens with one attached hydrogen (secondary N) is 1. The fourth-order valence-electron chi connectivity index (χ4n) is 2.77. The summed E-state index contributed by atoms with van der Waals surface area (Å²) in [5.41, 5.74) is 2.89. The Morgan fingerprint density at radius 3 is 2.96 bits per heavy atom. The van der Waals surface area contributed by atoms with E-state index in [1.54, 1.807) is 11.3 Å². The lowest BCUT2D eigenvalue weighted by Crippen LogP contribution is -2.17. The zero-order valence-corrected chi connectivity index (χ0v) is 14.4. The number of hydrogen-bond acceptors (Lipinski definition) is 4. The molecule has 122 valence electrons. The molecule has 0 unspecified atom stereocenters. The highest BCUT2D eigenvalue weighted by molar-refractivity contribution is 7.14. The Kier molecular flexibility index (Phi) is 5.28. The second-order valence-corrected chi connectivity index (χ2v) is 6.78. The number of rotatable bonds is 6. The van der Waals surface area contributed by atoms with Crippen molar-refractivity contribution in [2.45, 2.75) is 39.0 Å². The largest absolute Gasteiger partial charge is 0.348 e. The summed E-state index contributed by atoms with van der Waals surface area (Å²) in [4.78, 5) is 19.0. The van der Waals surface area contributed by atoms with E-state index in [2.05, 4.69) is 22.5 Å². The molecular formula is C18H23N3OS. The normalized spacial score (nSPS) is 14.2. The summed E-state index contributed by atoms with van der Waals surface area (Å²) >= 11 is 1.70. The summed E-state index contributed by atoms with van der Waals surface area (Å²) in [6.07, 6.45) is 5.06. The van der Waals surface area contributed by atoms with Gasteiger partial charge in [0.1, 0.15) is 0 Å². The molecule has 1 N–H and O–H groups in total. The molecule has 1 amide bonds. The molecule has 5 heteroatoms. The van der Waals surface area contributed by atoms with Gasteiger partial charge in [0.05, 0.1) is 5.69 Å². The first-order chi connectivity index (χ1) is 11.3. The van der Waals surface area contributed by atoms with Crippen molar-refractivity contribution in [2.75, 3.05) is 23.3 Å². The second-order valence-electron chi connectivity index (χ2n) is 5.94. The molecule has 0 saturated carbocycles. The van der Waals surface area contributed by atoms with Crippen LogP contribution in [0.15, 0.2) is 29.6 Å². The number of hydrogen-bond donors (Lipinski definition) is 1. The minimum Gasteiger partial charge on any atom is -0.348 e. The van der Waals surface area contributed by atoms with Gasteiger partial charge in [-0.3, -0.25) is 4.79 Å². The molecule has 1 saturated heterocycles. The van der Waals surface area contributed by atoms with Gasteiger partial charge in [-0.2, -0.15) is 0 Å². The first kappa shape index (κ1) is 16.0. The van der Waals surface area contributed by atoms with Crippen molar-refractivity contribution < 1.29 is 4.79 Å². The Balaban J connectivity index is 1.70. The molecule has 23 heavy (non-hydrogen) atoms. The van der Waals surface area contributed by atoms with Crippen LogP contribution >= 0.6 is 11.3 Å². The van der Waals surface area contributed by atoms with E-state index in [1.165, 1.54) is 12.8 Å². The van der Waals surface area contributed by atoms with Crippen LogP contribution in [0, 0.1) is 0 Å². The van der Waals surface area contributed by atoms with Crippen molar-refractivity contribution >= 4 is 28.1 Å². The smallest absolute Gasteiger partial charge is 0.224 e. The number of thiazole rings is 1. The van der Waals surface area contributed by atoms with Gasteiger partial charge in [-0.1, -0.05) is 25.5 Å². The highest BCUT2D eigenvalue weighted by Gasteiger charge is 2.16. The molecule has 1 aliphatic heterocycles. The molecule has 0 spiro atoms. The third-order valence-electron chi connectivity index (χ3n) is 4.07. The van der Waals surface area contributed by atoms with Gasteiger partial charge < -0.3 is 10.2 Å². The summed E-state index contributed by atoms with van der Waals surface area (Å²) in [5, 5.41) is 6.18. The van der Waals surface area contributed by atoms with Crippen LogP contribution in [0.5, 0.6) is 0 Å². The molecule has 1 aliphatic rings. The van der Waals surface area contributed by atoms with Crippen LogP contribution in [-0.4, -0.2) is 24.0 Å². The molecule has 1 aromatic carbocycles. The van der Waals surface area contributed by atoms with Gasteiger partial charge in [-0.25, -0.2) is 4.98 Å². The lowest BCUT2D eigenvalue weighted by molar-refractivity contribution is -0.116. The average molecular weight is 329 g/mol. The van der Waals surface area contributed by atoms with Crippen LogP contribution in [0.2, 0.25) is 0 Å². The Morgan fingerprint density at radius 1 is 1.35 bits per heavy atom. The highest BCUT2D eigenvalue weighted by atomic mass is 32.1. The van der Waals surface area contributed by atoms with Gasteiger partial charge in [-0.15, -0.1) is 11.3 Å². The van der Waals surface area contributed by atoms with E-state index in [-0.39, 0.29) is 5.91 Å². The maximum absolute atomic E-state index is 11.9. The Morgan fingerprint density at radius 2 is 2.17 bits per heavy atom. The van der Waals surface area contributed by atoms with E-state index in [0.29, 0.717) is 6.42 Å². The molecule has 4 nitrogen and oxygen atoms in total. The summed E-state index contributed by atoms with van der Waals surface area (Å²) in [5.74, 6) is 0.0834. The molecule has 3 rings (SSSR count). The fraction of sp³-hybridized carbons (Fsp3) is 0.444. The van der Waals surface area contributed by atoms with Crippen molar-refractivity contribution in [3.8, 4) is 11.3 Å². The summed E-state index contributed by atoms with van der Waals surface area (Å²) < 4.78 is 0. The SMILES string of the molecule is CCCCC(=O)Nc1cccc(-c2csc(N3CCCC3)n2)c1. The van der Waals surface area contributed by atoms with E-state index in [0.717, 1.165) is 48.0 Å². The zero-order chi connectivity index (χ0) is 16.1. The van der Waals surface area contributed by atoms with Gasteiger partial charge in [0, 0.05) is 36.1 Å². The number of anilines is 2.